The molecule has 4 N–H and O–H groups in total. The molecule has 0 aliphatic carbocycles. The minimum Gasteiger partial charge on any atom is -0.480 e. The van der Waals surface area contributed by atoms with Gasteiger partial charge in [0.25, 0.3) is 0 Å². The number of carboxylic acids is 1. The molecule has 0 aromatic heterocycles. The van der Waals surface area contributed by atoms with E-state index in [4.69, 9.17) is 10.8 Å². The van der Waals surface area contributed by atoms with Gasteiger partial charge < -0.3 is 16.2 Å². The predicted octanol–water partition coefficient (Wildman–Crippen LogP) is -0.816. The van der Waals surface area contributed by atoms with Crippen LogP contribution in [-0.2, 0) is 14.4 Å². The summed E-state index contributed by atoms with van der Waals surface area (Å²) in [6.07, 6.45) is 0.176. The third kappa shape index (κ3) is 7.80. The van der Waals surface area contributed by atoms with E-state index in [0.717, 1.165) is 0 Å². The van der Waals surface area contributed by atoms with Gasteiger partial charge in [0.1, 0.15) is 6.04 Å². The lowest BCUT2D eigenvalue weighted by Crippen LogP contribution is -2.38. The topological polar surface area (TPSA) is 109 Å². The molecule has 2 amide bonds. The van der Waals surface area contributed by atoms with Gasteiger partial charge in [-0.05, 0) is 6.92 Å². The van der Waals surface area contributed by atoms with Gasteiger partial charge in [0.15, 0.2) is 0 Å². The zero-order valence-corrected chi connectivity index (χ0v) is 9.17. The summed E-state index contributed by atoms with van der Waals surface area (Å²) >= 11 is 1.24. The van der Waals surface area contributed by atoms with Crippen LogP contribution in [0.5, 0.6) is 0 Å². The minimum atomic E-state index is -1.08. The molecule has 1 unspecified atom stereocenters. The number of aliphatic carboxylic acids is 1. The van der Waals surface area contributed by atoms with E-state index in [1.165, 1.54) is 18.7 Å². The van der Waals surface area contributed by atoms with E-state index in [9.17, 15) is 14.4 Å². The summed E-state index contributed by atoms with van der Waals surface area (Å²) < 4.78 is 0. The Morgan fingerprint density at radius 1 is 1.47 bits per heavy atom. The van der Waals surface area contributed by atoms with Crippen molar-refractivity contribution in [1.29, 1.82) is 0 Å². The van der Waals surface area contributed by atoms with Crippen LogP contribution in [0.15, 0.2) is 0 Å². The van der Waals surface area contributed by atoms with Gasteiger partial charge in [0, 0.05) is 12.2 Å². The molecule has 7 heteroatoms. The van der Waals surface area contributed by atoms with Crippen LogP contribution in [0.4, 0.5) is 0 Å². The van der Waals surface area contributed by atoms with Crippen LogP contribution in [0.1, 0.15) is 13.3 Å². The van der Waals surface area contributed by atoms with E-state index in [-0.39, 0.29) is 18.1 Å². The van der Waals surface area contributed by atoms with Gasteiger partial charge >= 0.3 is 5.97 Å². The molecule has 0 aliphatic rings. The second-order valence-electron chi connectivity index (χ2n) is 2.90. The molecule has 0 radical (unpaired) electrons. The summed E-state index contributed by atoms with van der Waals surface area (Å²) in [5.41, 5.74) is 4.89. The Morgan fingerprint density at radius 2 is 2.07 bits per heavy atom. The van der Waals surface area contributed by atoms with E-state index in [1.54, 1.807) is 0 Å². The molecule has 0 bridgehead atoms. The smallest absolute Gasteiger partial charge is 0.325 e. The molecule has 86 valence electrons. The fourth-order valence-corrected chi connectivity index (χ4v) is 1.39. The van der Waals surface area contributed by atoms with Gasteiger partial charge in [-0.1, -0.05) is 0 Å². The van der Waals surface area contributed by atoms with Crippen molar-refractivity contribution in [3.8, 4) is 0 Å². The van der Waals surface area contributed by atoms with E-state index in [1.807, 2.05) is 0 Å². The summed E-state index contributed by atoms with van der Waals surface area (Å²) in [5, 5.41) is 10.8. The summed E-state index contributed by atoms with van der Waals surface area (Å²) in [5.74, 6) is -1.24. The molecule has 0 fully saturated rings. The molecular formula is C8H14N2O4S. The summed E-state index contributed by atoms with van der Waals surface area (Å²) in [6.45, 7) is 1.39. The second-order valence-corrected chi connectivity index (χ2v) is 4.00. The molecule has 0 spiro atoms. The Kier molecular flexibility index (Phi) is 6.52. The maximum atomic E-state index is 11.1. The average molecular weight is 234 g/mol. The largest absolute Gasteiger partial charge is 0.480 e. The Balaban J connectivity index is 3.58. The Hall–Kier alpha value is -1.24. The third-order valence-corrected chi connectivity index (χ3v) is 2.45. The number of amides is 2. The lowest BCUT2D eigenvalue weighted by molar-refractivity contribution is -0.141. The molecule has 0 rings (SSSR count). The summed E-state index contributed by atoms with van der Waals surface area (Å²) in [6, 6.07) is -0.890. The van der Waals surface area contributed by atoms with Gasteiger partial charge in [-0.25, -0.2) is 0 Å². The lowest BCUT2D eigenvalue weighted by Gasteiger charge is -2.08. The van der Waals surface area contributed by atoms with Crippen molar-refractivity contribution in [2.75, 3.05) is 11.5 Å². The van der Waals surface area contributed by atoms with Gasteiger partial charge in [0.05, 0.1) is 5.75 Å². The van der Waals surface area contributed by atoms with Crippen molar-refractivity contribution in [3.63, 3.8) is 0 Å². The van der Waals surface area contributed by atoms with Gasteiger partial charge in [-0.15, -0.1) is 0 Å². The Morgan fingerprint density at radius 3 is 2.53 bits per heavy atom. The first-order chi connectivity index (χ1) is 6.93. The van der Waals surface area contributed by atoms with Crippen LogP contribution in [0.3, 0.4) is 0 Å². The normalized spacial score (nSPS) is 11.8. The quantitative estimate of drug-likeness (QED) is 0.499. The van der Waals surface area contributed by atoms with Crippen LogP contribution >= 0.6 is 11.8 Å². The number of hydrogen-bond acceptors (Lipinski definition) is 4. The van der Waals surface area contributed by atoms with Crippen molar-refractivity contribution in [3.05, 3.63) is 0 Å². The molecular weight excluding hydrogens is 220 g/mol. The molecule has 0 saturated heterocycles. The monoisotopic (exact) mass is 234 g/mol. The second kappa shape index (κ2) is 7.10. The standard InChI is InChI=1S/C8H14N2O4S/c1-5(8(13)14)10-7(12)2-3-15-4-6(9)11/h5H,2-4H2,1H3,(H2,9,11)(H,10,12)(H,13,14). The van der Waals surface area contributed by atoms with E-state index < -0.39 is 17.9 Å². The molecule has 0 heterocycles. The van der Waals surface area contributed by atoms with Crippen molar-refractivity contribution in [1.82, 2.24) is 5.32 Å². The number of rotatable bonds is 7. The van der Waals surface area contributed by atoms with Gasteiger partial charge in [0.2, 0.25) is 11.8 Å². The average Bonchev–Trinajstić information content (AvgIpc) is 2.12. The highest BCUT2D eigenvalue weighted by Gasteiger charge is 2.13. The number of carbonyl (C=O) groups is 3. The first-order valence-electron chi connectivity index (χ1n) is 4.31. The first kappa shape index (κ1) is 13.8. The maximum Gasteiger partial charge on any atom is 0.325 e. The number of carboxylic acid groups (broad SMARTS) is 1. The SMILES string of the molecule is CC(NC(=O)CCSCC(N)=O)C(=O)O. The van der Waals surface area contributed by atoms with Crippen molar-refractivity contribution in [2.45, 2.75) is 19.4 Å². The number of nitrogens with two attached hydrogens (primary N) is 1. The number of primary amides is 1. The number of carbonyl (C=O) groups excluding carboxylic acids is 2. The summed E-state index contributed by atoms with van der Waals surface area (Å²) in [7, 11) is 0. The van der Waals surface area contributed by atoms with Gasteiger partial charge in [-0.2, -0.15) is 11.8 Å². The Bertz CT molecular complexity index is 257. The number of hydrogen-bond donors (Lipinski definition) is 3. The third-order valence-electron chi connectivity index (χ3n) is 1.47. The fourth-order valence-electron chi connectivity index (χ4n) is 0.713. The van der Waals surface area contributed by atoms with Crippen molar-refractivity contribution >= 4 is 29.5 Å². The summed E-state index contributed by atoms with van der Waals surface area (Å²) in [4.78, 5) is 31.8. The first-order valence-corrected chi connectivity index (χ1v) is 5.47. The predicted molar refractivity (Wildman–Crippen MR) is 56.4 cm³/mol. The van der Waals surface area contributed by atoms with Crippen LogP contribution in [0.2, 0.25) is 0 Å². The van der Waals surface area contributed by atoms with E-state index in [2.05, 4.69) is 5.32 Å². The van der Waals surface area contributed by atoms with Crippen LogP contribution in [0.25, 0.3) is 0 Å². The number of nitrogens with one attached hydrogen (secondary N) is 1. The van der Waals surface area contributed by atoms with Crippen LogP contribution in [0, 0.1) is 0 Å². The zero-order valence-electron chi connectivity index (χ0n) is 8.36. The van der Waals surface area contributed by atoms with E-state index >= 15 is 0 Å². The fraction of sp³-hybridized carbons (Fsp3) is 0.625. The highest BCUT2D eigenvalue weighted by molar-refractivity contribution is 7.99. The van der Waals surface area contributed by atoms with Gasteiger partial charge in [-0.3, -0.25) is 14.4 Å². The van der Waals surface area contributed by atoms with Crippen LogP contribution in [-0.4, -0.2) is 40.4 Å². The number of thioether (sulfide) groups is 1. The maximum absolute atomic E-state index is 11.1. The Labute approximate surface area is 91.6 Å². The molecule has 1 atom stereocenters. The van der Waals surface area contributed by atoms with E-state index in [0.29, 0.717) is 5.75 Å². The molecule has 0 saturated carbocycles. The van der Waals surface area contributed by atoms with Crippen LogP contribution < -0.4 is 11.1 Å². The molecule has 15 heavy (non-hydrogen) atoms. The zero-order chi connectivity index (χ0) is 11.8. The minimum absolute atomic E-state index is 0.168. The molecule has 0 aromatic rings. The van der Waals surface area contributed by atoms with Crippen molar-refractivity contribution in [2.24, 2.45) is 5.73 Å². The van der Waals surface area contributed by atoms with Crippen molar-refractivity contribution < 1.29 is 19.5 Å². The molecule has 0 aromatic carbocycles. The highest BCUT2D eigenvalue weighted by atomic mass is 32.2. The molecule has 0 aliphatic heterocycles. The highest BCUT2D eigenvalue weighted by Crippen LogP contribution is 2.01. The molecule has 6 nitrogen and oxygen atoms in total. The lowest BCUT2D eigenvalue weighted by atomic mass is 10.3.